The van der Waals surface area contributed by atoms with Crippen LogP contribution in [0.3, 0.4) is 0 Å². The molecule has 9 nitrogen and oxygen atoms in total. The highest BCUT2D eigenvalue weighted by Crippen LogP contribution is 2.14. The number of ether oxygens (including phenoxy) is 2. The van der Waals surface area contributed by atoms with Crippen LogP contribution in [0, 0.1) is 0 Å². The largest absolute Gasteiger partial charge is 0.492 e. The molecule has 134 valence electrons. The zero-order chi connectivity index (χ0) is 17.6. The Kier molecular flexibility index (Phi) is 9.90. The molecular weight excluding hydrogens is 318 g/mol. The Bertz CT molecular complexity index is 449. The van der Waals surface area contributed by atoms with Crippen molar-refractivity contribution in [1.29, 1.82) is 0 Å². The van der Waals surface area contributed by atoms with Crippen molar-refractivity contribution in [3.8, 4) is 11.6 Å². The molecule has 1 heterocycles. The highest BCUT2D eigenvalue weighted by Gasteiger charge is 2.03. The summed E-state index contributed by atoms with van der Waals surface area (Å²) in [6.45, 7) is 0.770. The van der Waals surface area contributed by atoms with E-state index >= 15 is 0 Å². The van der Waals surface area contributed by atoms with E-state index in [1.165, 1.54) is 14.2 Å². The van der Waals surface area contributed by atoms with Gasteiger partial charge in [-0.15, -0.1) is 0 Å². The molecule has 0 saturated heterocycles. The van der Waals surface area contributed by atoms with Crippen molar-refractivity contribution in [1.82, 2.24) is 15.9 Å². The molecule has 0 bridgehead atoms. The van der Waals surface area contributed by atoms with Gasteiger partial charge in [0.15, 0.2) is 0 Å². The maximum Gasteiger partial charge on any atom is 0.243 e. The molecule has 9 heteroatoms. The van der Waals surface area contributed by atoms with Crippen molar-refractivity contribution in [2.24, 2.45) is 0 Å². The number of amides is 2. The molecule has 0 radical (unpaired) electrons. The van der Waals surface area contributed by atoms with Gasteiger partial charge < -0.3 is 9.47 Å². The number of hydrogen-bond donors (Lipinski definition) is 2. The van der Waals surface area contributed by atoms with Crippen LogP contribution in [0.25, 0.3) is 0 Å². The summed E-state index contributed by atoms with van der Waals surface area (Å²) in [6.07, 6.45) is 3.29. The second-order valence-electron chi connectivity index (χ2n) is 4.69. The van der Waals surface area contributed by atoms with Gasteiger partial charge in [0.1, 0.15) is 5.75 Å². The van der Waals surface area contributed by atoms with Crippen LogP contribution in [-0.4, -0.2) is 44.2 Å². The summed E-state index contributed by atoms with van der Waals surface area (Å²) < 4.78 is 10.9. The van der Waals surface area contributed by atoms with Crippen molar-refractivity contribution in [2.45, 2.75) is 25.7 Å². The van der Waals surface area contributed by atoms with E-state index in [-0.39, 0.29) is 11.8 Å². The van der Waals surface area contributed by atoms with Gasteiger partial charge >= 0.3 is 0 Å². The third kappa shape index (κ3) is 8.91. The Balaban J connectivity index is 2.16. The molecule has 0 aromatic carbocycles. The molecule has 24 heavy (non-hydrogen) atoms. The fourth-order valence-corrected chi connectivity index (χ4v) is 1.70. The van der Waals surface area contributed by atoms with E-state index in [2.05, 4.69) is 25.6 Å². The summed E-state index contributed by atoms with van der Waals surface area (Å²) in [5.41, 5.74) is 4.47. The third-order valence-electron chi connectivity index (χ3n) is 2.76. The lowest BCUT2D eigenvalue weighted by Gasteiger charge is -2.08. The van der Waals surface area contributed by atoms with Crippen LogP contribution in [0.1, 0.15) is 25.7 Å². The molecular formula is C15H23N3O6. The summed E-state index contributed by atoms with van der Waals surface area (Å²) in [4.78, 5) is 35.4. The van der Waals surface area contributed by atoms with Crippen molar-refractivity contribution in [3.63, 3.8) is 0 Å². The fraction of sp³-hybridized carbons (Fsp3) is 0.533. The maximum atomic E-state index is 11.2. The summed E-state index contributed by atoms with van der Waals surface area (Å²) in [5, 5.41) is 0. The number of nitrogens with zero attached hydrogens (tertiary/aromatic N) is 1. The Morgan fingerprint density at radius 2 is 1.54 bits per heavy atom. The molecule has 0 atom stereocenters. The second kappa shape index (κ2) is 12.1. The molecule has 0 aliphatic carbocycles. The molecule has 0 saturated carbocycles. The molecule has 0 aliphatic heterocycles. The first-order valence-electron chi connectivity index (χ1n) is 7.51. The van der Waals surface area contributed by atoms with Crippen LogP contribution >= 0.6 is 0 Å². The molecule has 2 amide bonds. The predicted molar refractivity (Wildman–Crippen MR) is 84.0 cm³/mol. The van der Waals surface area contributed by atoms with Crippen molar-refractivity contribution in [2.75, 3.05) is 27.4 Å². The van der Waals surface area contributed by atoms with Gasteiger partial charge in [0.2, 0.25) is 17.7 Å². The third-order valence-corrected chi connectivity index (χ3v) is 2.76. The number of hydrogen-bond acceptors (Lipinski definition) is 7. The van der Waals surface area contributed by atoms with Crippen LogP contribution in [0.15, 0.2) is 18.3 Å². The number of hydroxylamine groups is 2. The van der Waals surface area contributed by atoms with E-state index in [9.17, 15) is 9.59 Å². The first kappa shape index (κ1) is 19.7. The van der Waals surface area contributed by atoms with Crippen LogP contribution in [0.4, 0.5) is 0 Å². The van der Waals surface area contributed by atoms with E-state index in [0.717, 1.165) is 0 Å². The highest BCUT2D eigenvalue weighted by molar-refractivity contribution is 5.74. The highest BCUT2D eigenvalue weighted by atomic mass is 16.6. The van der Waals surface area contributed by atoms with E-state index in [1.807, 2.05) is 0 Å². The molecule has 0 unspecified atom stereocenters. The zero-order valence-corrected chi connectivity index (χ0v) is 13.9. The SMILES string of the molecule is CONC(=O)CCCOc1ccc(OCCCC(=O)NOC)nc1. The smallest absolute Gasteiger partial charge is 0.243 e. The summed E-state index contributed by atoms with van der Waals surface area (Å²) in [7, 11) is 2.77. The minimum Gasteiger partial charge on any atom is -0.492 e. The van der Waals surface area contributed by atoms with Crippen molar-refractivity contribution < 1.29 is 28.7 Å². The minimum atomic E-state index is -0.197. The number of carbonyl (C=O) groups is 2. The molecule has 2 N–H and O–H groups in total. The lowest BCUT2D eigenvalue weighted by Crippen LogP contribution is -2.22. The molecule has 1 aromatic rings. The van der Waals surface area contributed by atoms with E-state index < -0.39 is 0 Å². The molecule has 0 spiro atoms. The number of aromatic nitrogens is 1. The topological polar surface area (TPSA) is 108 Å². The lowest BCUT2D eigenvalue weighted by atomic mass is 10.3. The van der Waals surface area contributed by atoms with Gasteiger partial charge in [-0.2, -0.15) is 0 Å². The van der Waals surface area contributed by atoms with E-state index in [4.69, 9.17) is 9.47 Å². The first-order chi connectivity index (χ1) is 11.7. The summed E-state index contributed by atoms with van der Waals surface area (Å²) in [5.74, 6) is 0.655. The van der Waals surface area contributed by atoms with Gasteiger partial charge in [0.25, 0.3) is 0 Å². The molecule has 0 aliphatic rings. The summed E-state index contributed by atoms with van der Waals surface area (Å²) in [6, 6.07) is 3.41. The molecule has 1 aromatic heterocycles. The van der Waals surface area contributed by atoms with Gasteiger partial charge in [-0.3, -0.25) is 19.3 Å². The van der Waals surface area contributed by atoms with E-state index in [0.29, 0.717) is 50.5 Å². The van der Waals surface area contributed by atoms with Crippen LogP contribution < -0.4 is 20.4 Å². The van der Waals surface area contributed by atoms with Gasteiger partial charge in [0.05, 0.1) is 33.6 Å². The Morgan fingerprint density at radius 1 is 0.958 bits per heavy atom. The van der Waals surface area contributed by atoms with Gasteiger partial charge in [-0.05, 0) is 18.9 Å². The minimum absolute atomic E-state index is 0.192. The first-order valence-corrected chi connectivity index (χ1v) is 7.51. The standard InChI is InChI=1S/C15H23N3O6/c1-21-17-13(19)5-3-9-23-12-7-8-15(16-11-12)24-10-4-6-14(20)18-22-2/h7-8,11H,3-6,9-10H2,1-2H3,(H,17,19)(H,18,20). The number of pyridine rings is 1. The molecule has 0 fully saturated rings. The average Bonchev–Trinajstić information content (AvgIpc) is 2.57. The predicted octanol–water partition coefficient (Wildman–Crippen LogP) is 0.755. The van der Waals surface area contributed by atoms with E-state index in [1.54, 1.807) is 18.3 Å². The lowest BCUT2D eigenvalue weighted by molar-refractivity contribution is -0.132. The maximum absolute atomic E-state index is 11.2. The normalized spacial score (nSPS) is 10.1. The summed E-state index contributed by atoms with van der Waals surface area (Å²) >= 11 is 0. The van der Waals surface area contributed by atoms with Gasteiger partial charge in [0, 0.05) is 18.9 Å². The average molecular weight is 341 g/mol. The Morgan fingerprint density at radius 3 is 2.04 bits per heavy atom. The number of rotatable bonds is 12. The molecule has 1 rings (SSSR count). The Labute approximate surface area is 140 Å². The zero-order valence-electron chi connectivity index (χ0n) is 13.9. The Hall–Kier alpha value is -2.39. The van der Waals surface area contributed by atoms with Gasteiger partial charge in [-0.25, -0.2) is 15.9 Å². The van der Waals surface area contributed by atoms with Crippen LogP contribution in [0.2, 0.25) is 0 Å². The van der Waals surface area contributed by atoms with Crippen LogP contribution in [0.5, 0.6) is 11.6 Å². The number of nitrogens with one attached hydrogen (secondary N) is 2. The van der Waals surface area contributed by atoms with Crippen molar-refractivity contribution >= 4 is 11.8 Å². The van der Waals surface area contributed by atoms with Gasteiger partial charge in [-0.1, -0.05) is 0 Å². The monoisotopic (exact) mass is 341 g/mol. The fourth-order valence-electron chi connectivity index (χ4n) is 1.70. The van der Waals surface area contributed by atoms with Crippen molar-refractivity contribution in [3.05, 3.63) is 18.3 Å². The van der Waals surface area contributed by atoms with Crippen LogP contribution in [-0.2, 0) is 19.3 Å². The second-order valence-corrected chi connectivity index (χ2v) is 4.69. The quantitative estimate of drug-likeness (QED) is 0.427. The number of carbonyl (C=O) groups excluding carboxylic acids is 2.